The van der Waals surface area contributed by atoms with E-state index in [1.165, 1.54) is 22.3 Å². The van der Waals surface area contributed by atoms with Gasteiger partial charge in [0.05, 0.1) is 11.2 Å². The minimum Gasteiger partial charge on any atom is -0.254 e. The standard InChI is InChI=1S/C18H18N2/c1-11-9-12(2)16(13(3)10-11)18-17-15(7-8-19-18)6-5-14(4)20-17/h5-10H,1-4H3. The summed E-state index contributed by atoms with van der Waals surface area (Å²) in [6, 6.07) is 10.6. The molecule has 0 saturated carbocycles. The van der Waals surface area contributed by atoms with Crippen LogP contribution in [0.3, 0.4) is 0 Å². The summed E-state index contributed by atoms with van der Waals surface area (Å²) >= 11 is 0. The highest BCUT2D eigenvalue weighted by Gasteiger charge is 2.12. The van der Waals surface area contributed by atoms with E-state index in [2.05, 4.69) is 44.0 Å². The highest BCUT2D eigenvalue weighted by Crippen LogP contribution is 2.31. The lowest BCUT2D eigenvalue weighted by atomic mass is 9.96. The Morgan fingerprint density at radius 1 is 0.850 bits per heavy atom. The summed E-state index contributed by atoms with van der Waals surface area (Å²) in [6.45, 7) is 8.44. The molecule has 2 aromatic heterocycles. The molecule has 1 aromatic carbocycles. The largest absolute Gasteiger partial charge is 0.254 e. The second-order valence-electron chi connectivity index (χ2n) is 5.46. The van der Waals surface area contributed by atoms with Gasteiger partial charge in [0, 0.05) is 22.8 Å². The molecule has 0 aliphatic rings. The molecule has 0 radical (unpaired) electrons. The van der Waals surface area contributed by atoms with Crippen molar-refractivity contribution in [1.82, 2.24) is 9.97 Å². The molecule has 0 saturated heterocycles. The van der Waals surface area contributed by atoms with Gasteiger partial charge in [-0.05, 0) is 51.0 Å². The third-order valence-corrected chi connectivity index (χ3v) is 3.66. The van der Waals surface area contributed by atoms with Gasteiger partial charge in [0.25, 0.3) is 0 Å². The van der Waals surface area contributed by atoms with E-state index in [4.69, 9.17) is 4.98 Å². The number of nitrogens with zero attached hydrogens (tertiary/aromatic N) is 2. The number of rotatable bonds is 1. The Hall–Kier alpha value is -2.22. The molecular formula is C18H18N2. The molecule has 0 fully saturated rings. The van der Waals surface area contributed by atoms with E-state index in [9.17, 15) is 0 Å². The summed E-state index contributed by atoms with van der Waals surface area (Å²) in [6.07, 6.45) is 1.87. The lowest BCUT2D eigenvalue weighted by Gasteiger charge is -2.12. The van der Waals surface area contributed by atoms with E-state index in [0.717, 1.165) is 22.3 Å². The van der Waals surface area contributed by atoms with Crippen LogP contribution in [0.4, 0.5) is 0 Å². The van der Waals surface area contributed by atoms with Crippen molar-refractivity contribution in [3.05, 3.63) is 58.9 Å². The smallest absolute Gasteiger partial charge is 0.0969 e. The molecule has 0 aliphatic heterocycles. The van der Waals surface area contributed by atoms with Crippen molar-refractivity contribution >= 4 is 10.9 Å². The zero-order valence-electron chi connectivity index (χ0n) is 12.4. The number of benzene rings is 1. The van der Waals surface area contributed by atoms with Crippen molar-refractivity contribution in [3.63, 3.8) is 0 Å². The van der Waals surface area contributed by atoms with Crippen LogP contribution in [0.5, 0.6) is 0 Å². The van der Waals surface area contributed by atoms with Gasteiger partial charge in [-0.1, -0.05) is 23.8 Å². The summed E-state index contributed by atoms with van der Waals surface area (Å²) in [5.74, 6) is 0. The number of aryl methyl sites for hydroxylation is 4. The van der Waals surface area contributed by atoms with Gasteiger partial charge in [0.15, 0.2) is 0 Å². The topological polar surface area (TPSA) is 25.8 Å². The second kappa shape index (κ2) is 4.71. The normalized spacial score (nSPS) is 11.0. The van der Waals surface area contributed by atoms with Crippen molar-refractivity contribution in [2.45, 2.75) is 27.7 Å². The van der Waals surface area contributed by atoms with Gasteiger partial charge in [0.2, 0.25) is 0 Å². The maximum atomic E-state index is 4.69. The van der Waals surface area contributed by atoms with Crippen LogP contribution < -0.4 is 0 Å². The lowest BCUT2D eigenvalue weighted by molar-refractivity contribution is 1.22. The first-order chi connectivity index (χ1) is 9.56. The predicted octanol–water partition coefficient (Wildman–Crippen LogP) is 4.53. The van der Waals surface area contributed by atoms with Gasteiger partial charge in [-0.15, -0.1) is 0 Å². The maximum absolute atomic E-state index is 4.69. The van der Waals surface area contributed by atoms with E-state index >= 15 is 0 Å². The van der Waals surface area contributed by atoms with Crippen LogP contribution >= 0.6 is 0 Å². The minimum atomic E-state index is 0.987. The minimum absolute atomic E-state index is 0.987. The number of fused-ring (bicyclic) bond motifs is 1. The van der Waals surface area contributed by atoms with Crippen molar-refractivity contribution in [2.24, 2.45) is 0 Å². The molecule has 0 bridgehead atoms. The zero-order chi connectivity index (χ0) is 14.3. The van der Waals surface area contributed by atoms with Gasteiger partial charge < -0.3 is 0 Å². The average molecular weight is 262 g/mol. The van der Waals surface area contributed by atoms with Crippen molar-refractivity contribution in [3.8, 4) is 11.3 Å². The molecular weight excluding hydrogens is 244 g/mol. The quantitative estimate of drug-likeness (QED) is 0.644. The van der Waals surface area contributed by atoms with Crippen molar-refractivity contribution < 1.29 is 0 Å². The molecule has 0 spiro atoms. The van der Waals surface area contributed by atoms with E-state index in [0.29, 0.717) is 0 Å². The van der Waals surface area contributed by atoms with Gasteiger partial charge in [-0.25, -0.2) is 0 Å². The monoisotopic (exact) mass is 262 g/mol. The van der Waals surface area contributed by atoms with Crippen LogP contribution in [0.25, 0.3) is 22.2 Å². The molecule has 2 heterocycles. The van der Waals surface area contributed by atoms with E-state index in [1.54, 1.807) is 0 Å². The van der Waals surface area contributed by atoms with Crippen LogP contribution in [-0.4, -0.2) is 9.97 Å². The van der Waals surface area contributed by atoms with Gasteiger partial charge >= 0.3 is 0 Å². The number of aromatic nitrogens is 2. The first-order valence-electron chi connectivity index (χ1n) is 6.87. The van der Waals surface area contributed by atoms with E-state index in [1.807, 2.05) is 25.3 Å². The van der Waals surface area contributed by atoms with Gasteiger partial charge in [-0.2, -0.15) is 0 Å². The zero-order valence-corrected chi connectivity index (χ0v) is 12.4. The fourth-order valence-electron chi connectivity index (χ4n) is 2.88. The van der Waals surface area contributed by atoms with Crippen LogP contribution in [-0.2, 0) is 0 Å². The Morgan fingerprint density at radius 2 is 1.55 bits per heavy atom. The van der Waals surface area contributed by atoms with E-state index < -0.39 is 0 Å². The molecule has 0 aliphatic carbocycles. The number of pyridine rings is 2. The summed E-state index contributed by atoms with van der Waals surface area (Å²) in [5, 5.41) is 1.14. The number of hydrogen-bond acceptors (Lipinski definition) is 2. The molecule has 0 atom stereocenters. The molecule has 0 unspecified atom stereocenters. The Balaban J connectivity index is 2.38. The van der Waals surface area contributed by atoms with Crippen LogP contribution in [0, 0.1) is 27.7 Å². The summed E-state index contributed by atoms with van der Waals surface area (Å²) in [7, 11) is 0. The van der Waals surface area contributed by atoms with Crippen molar-refractivity contribution in [2.75, 3.05) is 0 Å². The summed E-state index contributed by atoms with van der Waals surface area (Å²) in [4.78, 5) is 9.30. The van der Waals surface area contributed by atoms with E-state index in [-0.39, 0.29) is 0 Å². The Labute approximate surface area is 119 Å². The fourth-order valence-corrected chi connectivity index (χ4v) is 2.88. The van der Waals surface area contributed by atoms with Crippen molar-refractivity contribution in [1.29, 1.82) is 0 Å². The van der Waals surface area contributed by atoms with Crippen LogP contribution in [0.15, 0.2) is 36.5 Å². The summed E-state index contributed by atoms with van der Waals surface area (Å²) < 4.78 is 0. The molecule has 3 aromatic rings. The van der Waals surface area contributed by atoms with Crippen LogP contribution in [0.2, 0.25) is 0 Å². The highest BCUT2D eigenvalue weighted by atomic mass is 14.8. The fraction of sp³-hybridized carbons (Fsp3) is 0.222. The summed E-state index contributed by atoms with van der Waals surface area (Å²) in [5.41, 5.74) is 8.00. The molecule has 100 valence electrons. The van der Waals surface area contributed by atoms with Gasteiger partial charge in [0.1, 0.15) is 0 Å². The van der Waals surface area contributed by atoms with Gasteiger partial charge in [-0.3, -0.25) is 9.97 Å². The maximum Gasteiger partial charge on any atom is 0.0969 e. The SMILES string of the molecule is Cc1cc(C)c(-c2nccc3ccc(C)nc23)c(C)c1. The second-order valence-corrected chi connectivity index (χ2v) is 5.46. The Bertz CT molecular complexity index is 781. The molecule has 0 amide bonds. The molecule has 20 heavy (non-hydrogen) atoms. The average Bonchev–Trinajstić information content (AvgIpc) is 2.38. The third-order valence-electron chi connectivity index (χ3n) is 3.66. The molecule has 2 heteroatoms. The Kier molecular flexibility index (Phi) is 3.01. The molecule has 2 nitrogen and oxygen atoms in total. The first kappa shape index (κ1) is 12.8. The number of hydrogen-bond donors (Lipinski definition) is 0. The van der Waals surface area contributed by atoms with Crippen LogP contribution in [0.1, 0.15) is 22.4 Å². The lowest BCUT2D eigenvalue weighted by Crippen LogP contribution is -1.95. The predicted molar refractivity (Wildman–Crippen MR) is 83.9 cm³/mol. The molecule has 0 N–H and O–H groups in total. The first-order valence-corrected chi connectivity index (χ1v) is 6.87. The Morgan fingerprint density at radius 3 is 2.25 bits per heavy atom. The highest BCUT2D eigenvalue weighted by molar-refractivity contribution is 5.92. The molecule has 3 rings (SSSR count). The third kappa shape index (κ3) is 2.07.